The lowest BCUT2D eigenvalue weighted by atomic mass is 10.2. The molecule has 1 aliphatic heterocycles. The molecule has 0 saturated carbocycles. The number of pyridine rings is 1. The Bertz CT molecular complexity index is 950. The molecule has 0 N–H and O–H groups in total. The highest BCUT2D eigenvalue weighted by Crippen LogP contribution is 2.18. The summed E-state index contributed by atoms with van der Waals surface area (Å²) in [4.78, 5) is 30.2. The normalized spacial score (nSPS) is 18.8. The van der Waals surface area contributed by atoms with Crippen molar-refractivity contribution in [1.82, 2.24) is 14.3 Å². The number of hydrogen-bond acceptors (Lipinski definition) is 6. The molecule has 2 aromatic heterocycles. The molecular formula is C17H21N3O5S. The van der Waals surface area contributed by atoms with Crippen LogP contribution in [-0.2, 0) is 19.4 Å². The van der Waals surface area contributed by atoms with Crippen molar-refractivity contribution in [3.8, 4) is 0 Å². The summed E-state index contributed by atoms with van der Waals surface area (Å²) in [5.41, 5.74) is 1.66. The second kappa shape index (κ2) is 7.06. The highest BCUT2D eigenvalue weighted by Gasteiger charge is 2.34. The smallest absolute Gasteiger partial charge is 0.359 e. The highest BCUT2D eigenvalue weighted by atomic mass is 32.2. The van der Waals surface area contributed by atoms with E-state index in [4.69, 9.17) is 4.74 Å². The van der Waals surface area contributed by atoms with Gasteiger partial charge in [-0.25, -0.2) is 18.2 Å². The molecule has 0 radical (unpaired) electrons. The summed E-state index contributed by atoms with van der Waals surface area (Å²) >= 11 is 0. The molecule has 0 bridgehead atoms. The van der Waals surface area contributed by atoms with Crippen molar-refractivity contribution < 1.29 is 22.7 Å². The number of sulfone groups is 1. The number of imidazole rings is 1. The van der Waals surface area contributed by atoms with Gasteiger partial charge in [-0.3, -0.25) is 4.79 Å². The zero-order chi connectivity index (χ0) is 18.9. The quantitative estimate of drug-likeness (QED) is 0.714. The van der Waals surface area contributed by atoms with E-state index >= 15 is 0 Å². The van der Waals surface area contributed by atoms with E-state index in [2.05, 4.69) is 4.98 Å². The lowest BCUT2D eigenvalue weighted by Crippen LogP contribution is -2.43. The molecule has 0 spiro atoms. The lowest BCUT2D eigenvalue weighted by Gasteiger charge is -2.26. The number of carbonyl (C=O) groups excluding carboxylic acids is 2. The van der Waals surface area contributed by atoms with Gasteiger partial charge in [0.15, 0.2) is 22.1 Å². The Balaban J connectivity index is 1.64. The van der Waals surface area contributed by atoms with Gasteiger partial charge >= 0.3 is 5.97 Å². The average Bonchev–Trinajstić information content (AvgIpc) is 3.18. The first-order valence-corrected chi connectivity index (χ1v) is 10.2. The molecule has 0 aromatic carbocycles. The molecule has 8 nitrogen and oxygen atoms in total. The van der Waals surface area contributed by atoms with Gasteiger partial charge in [0.1, 0.15) is 5.65 Å². The van der Waals surface area contributed by atoms with Gasteiger partial charge in [-0.2, -0.15) is 0 Å². The van der Waals surface area contributed by atoms with E-state index in [1.165, 1.54) is 4.90 Å². The standard InChI is InChI=1S/C17H21N3O5S/c1-3-19(13-7-8-26(23,24)11-13)16(21)10-25-17(22)14-9-20-12(2)5-4-6-15(20)18-14/h4-6,9,13H,3,7-8,10-11H2,1-2H3/t13-/m0/s1. The SMILES string of the molecule is CCN(C(=O)COC(=O)c1cn2c(C)cccc2n1)[C@H]1CCS(=O)(=O)C1. The topological polar surface area (TPSA) is 98.0 Å². The first-order chi connectivity index (χ1) is 12.3. The van der Waals surface area contributed by atoms with Gasteiger partial charge in [-0.1, -0.05) is 6.07 Å². The molecular weight excluding hydrogens is 358 g/mol. The van der Waals surface area contributed by atoms with Crippen molar-refractivity contribution in [2.75, 3.05) is 24.7 Å². The number of aromatic nitrogens is 2. The van der Waals surface area contributed by atoms with Gasteiger partial charge in [0.05, 0.1) is 11.5 Å². The van der Waals surface area contributed by atoms with E-state index in [1.54, 1.807) is 23.6 Å². The molecule has 3 heterocycles. The van der Waals surface area contributed by atoms with Crippen molar-refractivity contribution in [3.05, 3.63) is 35.8 Å². The number of esters is 1. The maximum atomic E-state index is 12.4. The third kappa shape index (κ3) is 3.72. The lowest BCUT2D eigenvalue weighted by molar-refractivity contribution is -0.136. The molecule has 1 aliphatic rings. The number of ether oxygens (including phenoxy) is 1. The van der Waals surface area contributed by atoms with Crippen LogP contribution in [0.15, 0.2) is 24.4 Å². The molecule has 1 amide bonds. The summed E-state index contributed by atoms with van der Waals surface area (Å²) in [6, 6.07) is 5.15. The molecule has 1 atom stereocenters. The molecule has 26 heavy (non-hydrogen) atoms. The van der Waals surface area contributed by atoms with Gasteiger partial charge in [0.2, 0.25) is 0 Å². The number of aryl methyl sites for hydroxylation is 1. The summed E-state index contributed by atoms with van der Waals surface area (Å²) < 4.78 is 30.1. The molecule has 3 rings (SSSR count). The van der Waals surface area contributed by atoms with Crippen LogP contribution in [0.4, 0.5) is 0 Å². The largest absolute Gasteiger partial charge is 0.451 e. The molecule has 1 fully saturated rings. The minimum atomic E-state index is -3.09. The van der Waals surface area contributed by atoms with E-state index in [-0.39, 0.29) is 23.2 Å². The Hall–Kier alpha value is -2.42. The molecule has 140 valence electrons. The van der Waals surface area contributed by atoms with Crippen LogP contribution in [0.25, 0.3) is 5.65 Å². The van der Waals surface area contributed by atoms with Crippen molar-refractivity contribution in [2.24, 2.45) is 0 Å². The Morgan fingerprint density at radius 3 is 2.77 bits per heavy atom. The number of rotatable bonds is 5. The second-order valence-electron chi connectivity index (χ2n) is 6.33. The highest BCUT2D eigenvalue weighted by molar-refractivity contribution is 7.91. The van der Waals surface area contributed by atoms with Crippen LogP contribution in [0.3, 0.4) is 0 Å². The maximum absolute atomic E-state index is 12.4. The monoisotopic (exact) mass is 379 g/mol. The minimum absolute atomic E-state index is 0.0355. The van der Waals surface area contributed by atoms with Crippen LogP contribution in [0, 0.1) is 6.92 Å². The van der Waals surface area contributed by atoms with Gasteiger partial charge in [-0.05, 0) is 32.4 Å². The summed E-state index contributed by atoms with van der Waals surface area (Å²) in [5.74, 6) is -1.03. The first-order valence-electron chi connectivity index (χ1n) is 8.42. The van der Waals surface area contributed by atoms with E-state index < -0.39 is 28.3 Å². The van der Waals surface area contributed by atoms with Gasteiger partial charge < -0.3 is 14.0 Å². The molecule has 0 unspecified atom stereocenters. The fourth-order valence-electron chi connectivity index (χ4n) is 3.19. The Labute approximate surface area is 151 Å². The Kier molecular flexibility index (Phi) is 4.99. The van der Waals surface area contributed by atoms with Crippen LogP contribution in [-0.4, -0.2) is 65.3 Å². The summed E-state index contributed by atoms with van der Waals surface area (Å²) in [6.07, 6.45) is 1.99. The van der Waals surface area contributed by atoms with Crippen LogP contribution in [0.2, 0.25) is 0 Å². The number of amides is 1. The summed E-state index contributed by atoms with van der Waals surface area (Å²) in [6.45, 7) is 3.60. The van der Waals surface area contributed by atoms with Gasteiger partial charge in [-0.15, -0.1) is 0 Å². The molecule has 9 heteroatoms. The number of nitrogens with zero attached hydrogens (tertiary/aromatic N) is 3. The number of likely N-dealkylation sites (N-methyl/N-ethyl adjacent to an activating group) is 1. The van der Waals surface area contributed by atoms with E-state index in [9.17, 15) is 18.0 Å². The van der Waals surface area contributed by atoms with Crippen molar-refractivity contribution >= 4 is 27.4 Å². The Morgan fingerprint density at radius 2 is 2.15 bits per heavy atom. The van der Waals surface area contributed by atoms with Crippen LogP contribution >= 0.6 is 0 Å². The predicted molar refractivity (Wildman–Crippen MR) is 94.7 cm³/mol. The van der Waals surface area contributed by atoms with Gasteiger partial charge in [0, 0.05) is 24.5 Å². The van der Waals surface area contributed by atoms with Crippen LogP contribution in [0.1, 0.15) is 29.5 Å². The fourth-order valence-corrected chi connectivity index (χ4v) is 4.92. The minimum Gasteiger partial charge on any atom is -0.451 e. The van der Waals surface area contributed by atoms with Gasteiger partial charge in [0.25, 0.3) is 5.91 Å². The van der Waals surface area contributed by atoms with Crippen LogP contribution in [0.5, 0.6) is 0 Å². The molecule has 1 saturated heterocycles. The Morgan fingerprint density at radius 1 is 1.38 bits per heavy atom. The predicted octanol–water partition coefficient (Wildman–Crippen LogP) is 0.835. The molecule has 0 aliphatic carbocycles. The third-order valence-corrected chi connectivity index (χ3v) is 6.29. The number of carbonyl (C=O) groups is 2. The first kappa shape index (κ1) is 18.4. The average molecular weight is 379 g/mol. The zero-order valence-corrected chi connectivity index (χ0v) is 15.5. The zero-order valence-electron chi connectivity index (χ0n) is 14.7. The van der Waals surface area contributed by atoms with E-state index in [1.807, 2.05) is 19.1 Å². The van der Waals surface area contributed by atoms with Crippen molar-refractivity contribution in [1.29, 1.82) is 0 Å². The summed E-state index contributed by atoms with van der Waals surface area (Å²) in [7, 11) is -3.09. The number of hydrogen-bond donors (Lipinski definition) is 0. The fraction of sp³-hybridized carbons (Fsp3) is 0.471. The van der Waals surface area contributed by atoms with Crippen molar-refractivity contribution in [3.63, 3.8) is 0 Å². The van der Waals surface area contributed by atoms with E-state index in [0.717, 1.165) is 5.69 Å². The second-order valence-corrected chi connectivity index (χ2v) is 8.56. The van der Waals surface area contributed by atoms with Crippen LogP contribution < -0.4 is 0 Å². The van der Waals surface area contributed by atoms with Crippen molar-refractivity contribution in [2.45, 2.75) is 26.3 Å². The third-order valence-electron chi connectivity index (χ3n) is 4.54. The molecule has 2 aromatic rings. The number of fused-ring (bicyclic) bond motifs is 1. The summed E-state index contributed by atoms with van der Waals surface area (Å²) in [5, 5.41) is 0. The van der Waals surface area contributed by atoms with E-state index in [0.29, 0.717) is 18.6 Å². The maximum Gasteiger partial charge on any atom is 0.359 e.